The highest BCUT2D eigenvalue weighted by molar-refractivity contribution is 7.80. The summed E-state index contributed by atoms with van der Waals surface area (Å²) in [5, 5.41) is 4.29. The molecule has 3 heterocycles. The van der Waals surface area contributed by atoms with Gasteiger partial charge in [-0.2, -0.15) is 0 Å². The van der Waals surface area contributed by atoms with Crippen LogP contribution in [0.2, 0.25) is 0 Å². The zero-order valence-electron chi connectivity index (χ0n) is 22.2. The van der Waals surface area contributed by atoms with E-state index in [1.807, 2.05) is 37.4 Å². The Morgan fingerprint density at radius 3 is 2.43 bits per heavy atom. The maximum atomic E-state index is 5.95. The van der Waals surface area contributed by atoms with Gasteiger partial charge in [0.2, 0.25) is 0 Å². The Bertz CT molecular complexity index is 1410. The van der Waals surface area contributed by atoms with Gasteiger partial charge in [-0.3, -0.25) is 4.98 Å². The van der Waals surface area contributed by atoms with E-state index in [4.69, 9.17) is 21.9 Å². The standard InChI is InChI=1S/C31H34N4OS/c1-6-23-12-10-11-20(3)29(23)34-21(4)19-26(22(34)5)30-28(27-13-8-9-18-32-27)33-31(37)35(30)24-14-16-25(17-15-24)36-7-2/h8-19,28,30H,6-7H2,1-5H3,(H,33,37)/t28-,30+/m1/s1. The van der Waals surface area contributed by atoms with E-state index in [9.17, 15) is 0 Å². The van der Waals surface area contributed by atoms with Gasteiger partial charge in [-0.1, -0.05) is 31.2 Å². The van der Waals surface area contributed by atoms with Crippen LogP contribution in [0.15, 0.2) is 72.9 Å². The molecule has 1 aliphatic rings. The van der Waals surface area contributed by atoms with Crippen molar-refractivity contribution < 1.29 is 4.74 Å². The third-order valence-corrected chi connectivity index (χ3v) is 7.55. The van der Waals surface area contributed by atoms with Gasteiger partial charge >= 0.3 is 0 Å². The van der Waals surface area contributed by atoms with Crippen molar-refractivity contribution in [2.45, 2.75) is 53.1 Å². The molecule has 6 heteroatoms. The molecule has 5 rings (SSSR count). The molecule has 0 spiro atoms. The lowest BCUT2D eigenvalue weighted by Gasteiger charge is -2.28. The molecule has 0 saturated carbocycles. The summed E-state index contributed by atoms with van der Waals surface area (Å²) in [5.41, 5.74) is 9.56. The van der Waals surface area contributed by atoms with Crippen LogP contribution in [0.4, 0.5) is 5.69 Å². The summed E-state index contributed by atoms with van der Waals surface area (Å²) in [7, 11) is 0. The average molecular weight is 511 g/mol. The molecule has 0 amide bonds. The Morgan fingerprint density at radius 1 is 0.973 bits per heavy atom. The predicted molar refractivity (Wildman–Crippen MR) is 155 cm³/mol. The normalized spacial score (nSPS) is 17.2. The van der Waals surface area contributed by atoms with E-state index in [1.165, 1.54) is 33.8 Å². The molecule has 190 valence electrons. The van der Waals surface area contributed by atoms with Crippen molar-refractivity contribution in [3.05, 3.63) is 107 Å². The van der Waals surface area contributed by atoms with Crippen LogP contribution in [0.3, 0.4) is 0 Å². The minimum absolute atomic E-state index is 0.0608. The summed E-state index contributed by atoms with van der Waals surface area (Å²) >= 11 is 5.95. The van der Waals surface area contributed by atoms with Gasteiger partial charge in [0.05, 0.1) is 30.1 Å². The molecule has 0 radical (unpaired) electrons. The minimum Gasteiger partial charge on any atom is -0.494 e. The molecule has 5 nitrogen and oxygen atoms in total. The Labute approximate surface area is 225 Å². The second-order valence-corrected chi connectivity index (χ2v) is 9.91. The molecule has 2 atom stereocenters. The topological polar surface area (TPSA) is 42.3 Å². The van der Waals surface area contributed by atoms with Gasteiger partial charge in [-0.15, -0.1) is 0 Å². The maximum absolute atomic E-state index is 5.95. The lowest BCUT2D eigenvalue weighted by atomic mass is 9.96. The van der Waals surface area contributed by atoms with Crippen molar-refractivity contribution in [1.29, 1.82) is 0 Å². The summed E-state index contributed by atoms with van der Waals surface area (Å²) in [4.78, 5) is 6.95. The van der Waals surface area contributed by atoms with Crippen LogP contribution in [0.5, 0.6) is 5.75 Å². The van der Waals surface area contributed by atoms with Crippen LogP contribution < -0.4 is 15.0 Å². The summed E-state index contributed by atoms with van der Waals surface area (Å²) in [5.74, 6) is 0.854. The Hall–Kier alpha value is -3.64. The average Bonchev–Trinajstić information content (AvgIpc) is 3.40. The van der Waals surface area contributed by atoms with E-state index in [0.29, 0.717) is 11.7 Å². The highest BCUT2D eigenvalue weighted by atomic mass is 32.1. The van der Waals surface area contributed by atoms with E-state index in [1.54, 1.807) is 0 Å². The van der Waals surface area contributed by atoms with Crippen LogP contribution in [0.25, 0.3) is 5.69 Å². The van der Waals surface area contributed by atoms with E-state index >= 15 is 0 Å². The van der Waals surface area contributed by atoms with E-state index in [0.717, 1.165) is 23.6 Å². The summed E-state index contributed by atoms with van der Waals surface area (Å²) in [6, 6.07) is 23.0. The maximum Gasteiger partial charge on any atom is 0.174 e. The first-order valence-electron chi connectivity index (χ1n) is 13.0. The van der Waals surface area contributed by atoms with Gasteiger partial charge in [-0.25, -0.2) is 0 Å². The van der Waals surface area contributed by atoms with Crippen molar-refractivity contribution in [3.8, 4) is 11.4 Å². The molecule has 1 aliphatic heterocycles. The monoisotopic (exact) mass is 510 g/mol. The zero-order chi connectivity index (χ0) is 26.1. The largest absolute Gasteiger partial charge is 0.494 e. The molecule has 1 saturated heterocycles. The molecule has 0 bridgehead atoms. The van der Waals surface area contributed by atoms with Crippen molar-refractivity contribution in [3.63, 3.8) is 0 Å². The second kappa shape index (κ2) is 10.4. The van der Waals surface area contributed by atoms with Crippen LogP contribution >= 0.6 is 12.2 Å². The minimum atomic E-state index is -0.0864. The number of benzene rings is 2. The number of ether oxygens (including phenoxy) is 1. The fourth-order valence-corrected chi connectivity index (χ4v) is 5.92. The molecular formula is C31H34N4OS. The fraction of sp³-hybridized carbons (Fsp3) is 0.290. The molecule has 37 heavy (non-hydrogen) atoms. The van der Waals surface area contributed by atoms with Gasteiger partial charge in [-0.05, 0) is 105 Å². The lowest BCUT2D eigenvalue weighted by Crippen LogP contribution is -2.29. The summed E-state index contributed by atoms with van der Waals surface area (Å²) in [6.07, 6.45) is 2.83. The summed E-state index contributed by atoms with van der Waals surface area (Å²) < 4.78 is 8.11. The molecule has 2 aromatic heterocycles. The Kier molecular flexibility index (Phi) is 7.02. The van der Waals surface area contributed by atoms with Gasteiger partial charge in [0.15, 0.2) is 5.11 Å². The van der Waals surface area contributed by atoms with Gasteiger partial charge in [0.1, 0.15) is 5.75 Å². The fourth-order valence-electron chi connectivity index (χ4n) is 5.57. The smallest absolute Gasteiger partial charge is 0.174 e. The van der Waals surface area contributed by atoms with Gasteiger partial charge in [0.25, 0.3) is 0 Å². The number of aromatic nitrogens is 2. The molecule has 0 unspecified atom stereocenters. The van der Waals surface area contributed by atoms with E-state index < -0.39 is 0 Å². The molecule has 1 N–H and O–H groups in total. The first kappa shape index (κ1) is 25.0. The quantitative estimate of drug-likeness (QED) is 0.273. The zero-order valence-corrected chi connectivity index (χ0v) is 23.0. The number of pyridine rings is 1. The predicted octanol–water partition coefficient (Wildman–Crippen LogP) is 6.94. The highest BCUT2D eigenvalue weighted by Crippen LogP contribution is 2.44. The molecule has 0 aliphatic carbocycles. The van der Waals surface area contributed by atoms with E-state index in [-0.39, 0.29) is 12.1 Å². The molecular weight excluding hydrogens is 476 g/mol. The lowest BCUT2D eigenvalue weighted by molar-refractivity contribution is 0.340. The number of para-hydroxylation sites is 1. The third-order valence-electron chi connectivity index (χ3n) is 7.24. The van der Waals surface area contributed by atoms with Crippen molar-refractivity contribution in [2.24, 2.45) is 0 Å². The number of anilines is 1. The van der Waals surface area contributed by atoms with Crippen LogP contribution in [-0.2, 0) is 6.42 Å². The highest BCUT2D eigenvalue weighted by Gasteiger charge is 2.42. The third kappa shape index (κ3) is 4.51. The van der Waals surface area contributed by atoms with E-state index in [2.05, 4.69) is 84.9 Å². The van der Waals surface area contributed by atoms with Crippen molar-refractivity contribution >= 4 is 23.0 Å². The van der Waals surface area contributed by atoms with Gasteiger partial charge in [0, 0.05) is 23.3 Å². The first-order chi connectivity index (χ1) is 17.9. The summed E-state index contributed by atoms with van der Waals surface area (Å²) in [6.45, 7) is 11.5. The second-order valence-electron chi connectivity index (χ2n) is 9.52. The number of thiocarbonyl (C=S) groups is 1. The molecule has 4 aromatic rings. The SMILES string of the molecule is CCOc1ccc(N2C(=S)N[C@H](c3ccccn3)[C@@H]2c2cc(C)n(-c3c(C)cccc3CC)c2C)cc1. The number of rotatable bonds is 7. The number of nitrogens with zero attached hydrogens (tertiary/aromatic N) is 3. The number of hydrogen-bond acceptors (Lipinski definition) is 3. The molecule has 1 fully saturated rings. The first-order valence-corrected chi connectivity index (χ1v) is 13.4. The Morgan fingerprint density at radius 2 is 1.76 bits per heavy atom. The van der Waals surface area contributed by atoms with Crippen LogP contribution in [0.1, 0.15) is 59.7 Å². The van der Waals surface area contributed by atoms with Crippen molar-refractivity contribution in [2.75, 3.05) is 11.5 Å². The number of nitrogens with one attached hydrogen (secondary N) is 1. The molecule has 2 aromatic carbocycles. The Balaban J connectivity index is 1.67. The van der Waals surface area contributed by atoms with Crippen LogP contribution in [-0.4, -0.2) is 21.3 Å². The van der Waals surface area contributed by atoms with Crippen molar-refractivity contribution in [1.82, 2.24) is 14.9 Å². The number of hydrogen-bond donors (Lipinski definition) is 1. The number of aryl methyl sites for hydroxylation is 3. The van der Waals surface area contributed by atoms with Crippen LogP contribution in [0, 0.1) is 20.8 Å². The van der Waals surface area contributed by atoms with Gasteiger partial charge < -0.3 is 19.5 Å².